The van der Waals surface area contributed by atoms with Crippen LogP contribution in [0.5, 0.6) is 11.5 Å². The highest BCUT2D eigenvalue weighted by molar-refractivity contribution is 5.77. The summed E-state index contributed by atoms with van der Waals surface area (Å²) in [6.45, 7) is 0.410. The van der Waals surface area contributed by atoms with Gasteiger partial charge in [-0.1, -0.05) is 0 Å². The first-order valence-electron chi connectivity index (χ1n) is 10.9. The molecule has 0 fully saturated rings. The van der Waals surface area contributed by atoms with Gasteiger partial charge >= 0.3 is 6.18 Å². The van der Waals surface area contributed by atoms with E-state index in [-0.39, 0.29) is 24.8 Å². The molecule has 0 unspecified atom stereocenters. The van der Waals surface area contributed by atoms with Crippen LogP contribution in [0.3, 0.4) is 0 Å². The Balaban J connectivity index is 0.000000848. The second-order valence-corrected chi connectivity index (χ2v) is 8.19. The van der Waals surface area contributed by atoms with Crippen LogP contribution >= 0.6 is 0 Å². The summed E-state index contributed by atoms with van der Waals surface area (Å²) in [5.74, 6) is 0.801. The van der Waals surface area contributed by atoms with E-state index in [9.17, 15) is 17.6 Å². The normalized spacial score (nSPS) is 16.3. The summed E-state index contributed by atoms with van der Waals surface area (Å²) in [7, 11) is 0. The Morgan fingerprint density at radius 3 is 2.53 bits per heavy atom. The highest BCUT2D eigenvalue weighted by Crippen LogP contribution is 2.41. The second kappa shape index (κ2) is 9.10. The van der Waals surface area contributed by atoms with Crippen molar-refractivity contribution in [3.05, 3.63) is 71.1 Å². The number of hydrogen-bond acceptors (Lipinski definition) is 6. The molecule has 0 saturated carbocycles. The minimum absolute atomic E-state index is 0.124. The van der Waals surface area contributed by atoms with Gasteiger partial charge in [0.15, 0.2) is 5.65 Å². The highest BCUT2D eigenvalue weighted by Gasteiger charge is 2.33. The number of nitrogens with zero attached hydrogens (tertiary/aromatic N) is 4. The average Bonchev–Trinajstić information content (AvgIpc) is 3.50. The minimum atomic E-state index is -4.48. The van der Waals surface area contributed by atoms with Crippen LogP contribution in [0.4, 0.5) is 17.6 Å². The molecule has 0 amide bonds. The second-order valence-electron chi connectivity index (χ2n) is 8.19. The average molecular weight is 502 g/mol. The van der Waals surface area contributed by atoms with Crippen molar-refractivity contribution in [3.63, 3.8) is 0 Å². The molecule has 5 heterocycles. The fourth-order valence-electron chi connectivity index (χ4n) is 4.57. The van der Waals surface area contributed by atoms with Crippen molar-refractivity contribution in [3.8, 4) is 22.8 Å². The van der Waals surface area contributed by atoms with E-state index in [1.165, 1.54) is 18.5 Å². The minimum Gasteiger partial charge on any atom is -0.493 e. The van der Waals surface area contributed by atoms with E-state index >= 15 is 0 Å². The Kier molecular flexibility index (Phi) is 5.94. The fraction of sp³-hybridized carbons (Fsp3) is 0.250. The number of pyridine rings is 2. The van der Waals surface area contributed by atoms with Gasteiger partial charge in [-0.15, -0.1) is 10.2 Å². The number of ether oxygens (including phenoxy) is 2. The molecule has 6 rings (SSSR count). The predicted octanol–water partition coefficient (Wildman–Crippen LogP) is 4.30. The number of aromatic nitrogens is 4. The molecule has 8 nitrogen and oxygen atoms in total. The maximum absolute atomic E-state index is 14.7. The standard InChI is InChI=1S/C23H16F4N4O2.CH2O2/c24-16-3-6-19-21-12(9-32-19)10-33-20-7-15(17-4-1-13(8-28-17)23(25,26)27)22-30-29-11-31(22)18(20)5-2-14(16)21;2-1-3/h1,3-4,6-8,11-12H,2,5,9-10H2;1H,(H,2,3)/t12-;/m1./s1. The van der Waals surface area contributed by atoms with Gasteiger partial charge in [-0.05, 0) is 48.7 Å². The van der Waals surface area contributed by atoms with E-state index in [1.54, 1.807) is 16.5 Å². The van der Waals surface area contributed by atoms with Crippen molar-refractivity contribution in [2.24, 2.45) is 0 Å². The van der Waals surface area contributed by atoms with Gasteiger partial charge in [0, 0.05) is 17.3 Å². The number of halogens is 4. The van der Waals surface area contributed by atoms with Crippen molar-refractivity contribution < 1.29 is 36.9 Å². The van der Waals surface area contributed by atoms with Gasteiger partial charge in [-0.25, -0.2) is 4.39 Å². The maximum atomic E-state index is 14.7. The highest BCUT2D eigenvalue weighted by atomic mass is 19.4. The van der Waals surface area contributed by atoms with Crippen molar-refractivity contribution in [1.29, 1.82) is 0 Å². The first kappa shape index (κ1) is 23.5. The first-order chi connectivity index (χ1) is 17.3. The van der Waals surface area contributed by atoms with Gasteiger partial charge in [-0.2, -0.15) is 13.2 Å². The zero-order valence-corrected chi connectivity index (χ0v) is 18.5. The molecule has 186 valence electrons. The Morgan fingerprint density at radius 2 is 1.83 bits per heavy atom. The molecule has 4 aromatic rings. The number of aryl methyl sites for hydroxylation is 1. The van der Waals surface area contributed by atoms with E-state index in [4.69, 9.17) is 19.4 Å². The third kappa shape index (κ3) is 4.08. The third-order valence-electron chi connectivity index (χ3n) is 6.17. The molecule has 0 spiro atoms. The fourth-order valence-corrected chi connectivity index (χ4v) is 4.57. The topological polar surface area (TPSA) is 98.8 Å². The van der Waals surface area contributed by atoms with Gasteiger partial charge in [0.2, 0.25) is 0 Å². The largest absolute Gasteiger partial charge is 0.493 e. The summed E-state index contributed by atoms with van der Waals surface area (Å²) < 4.78 is 67.2. The lowest BCUT2D eigenvalue weighted by Gasteiger charge is -2.16. The van der Waals surface area contributed by atoms with Crippen molar-refractivity contribution >= 4 is 12.1 Å². The van der Waals surface area contributed by atoms with E-state index < -0.39 is 11.7 Å². The van der Waals surface area contributed by atoms with Crippen LogP contribution in [0.25, 0.3) is 16.9 Å². The molecule has 1 N–H and O–H groups in total. The molecular formula is C24H18F4N4O4. The van der Waals surface area contributed by atoms with E-state index in [0.717, 1.165) is 23.5 Å². The molecule has 2 aliphatic rings. The molecule has 12 heteroatoms. The summed E-state index contributed by atoms with van der Waals surface area (Å²) in [5, 5.41) is 15.0. The van der Waals surface area contributed by atoms with Crippen LogP contribution in [0.2, 0.25) is 0 Å². The number of rotatable bonds is 1. The maximum Gasteiger partial charge on any atom is 0.417 e. The molecule has 2 aliphatic heterocycles. The summed E-state index contributed by atoms with van der Waals surface area (Å²) in [6.07, 6.45) is -1.29. The third-order valence-corrected chi connectivity index (χ3v) is 6.17. The summed E-state index contributed by atoms with van der Waals surface area (Å²) in [4.78, 5) is 12.4. The molecule has 36 heavy (non-hydrogen) atoms. The van der Waals surface area contributed by atoms with Crippen LogP contribution in [-0.4, -0.2) is 44.4 Å². The lowest BCUT2D eigenvalue weighted by molar-refractivity contribution is -0.137. The summed E-state index contributed by atoms with van der Waals surface area (Å²) in [5.41, 5.74) is 2.61. The van der Waals surface area contributed by atoms with E-state index in [2.05, 4.69) is 15.2 Å². The lowest BCUT2D eigenvalue weighted by Crippen LogP contribution is -2.13. The quantitative estimate of drug-likeness (QED) is 0.306. The molecule has 0 bridgehead atoms. The molecule has 0 radical (unpaired) electrons. The molecule has 3 aromatic heterocycles. The first-order valence-corrected chi connectivity index (χ1v) is 10.9. The zero-order valence-electron chi connectivity index (χ0n) is 18.5. The van der Waals surface area contributed by atoms with Crippen LogP contribution in [0, 0.1) is 5.82 Å². The number of carboxylic acid groups (broad SMARTS) is 1. The Morgan fingerprint density at radius 1 is 1.08 bits per heavy atom. The number of hydrogen-bond donors (Lipinski definition) is 1. The summed E-state index contributed by atoms with van der Waals surface area (Å²) >= 11 is 0. The van der Waals surface area contributed by atoms with Crippen molar-refractivity contribution in [2.75, 3.05) is 13.2 Å². The monoisotopic (exact) mass is 502 g/mol. The lowest BCUT2D eigenvalue weighted by atomic mass is 9.93. The van der Waals surface area contributed by atoms with Gasteiger partial charge in [0.25, 0.3) is 6.47 Å². The Hall–Kier alpha value is -4.22. The number of fused-ring (bicyclic) bond motifs is 3. The van der Waals surface area contributed by atoms with Crippen LogP contribution in [0.15, 0.2) is 42.9 Å². The van der Waals surface area contributed by atoms with Gasteiger partial charge in [0.05, 0.1) is 36.1 Å². The van der Waals surface area contributed by atoms with Crippen molar-refractivity contribution in [1.82, 2.24) is 19.6 Å². The molecule has 1 aromatic carbocycles. The van der Waals surface area contributed by atoms with Crippen LogP contribution < -0.4 is 9.47 Å². The van der Waals surface area contributed by atoms with E-state index in [1.807, 2.05) is 0 Å². The Labute approximate surface area is 201 Å². The van der Waals surface area contributed by atoms with Crippen LogP contribution in [-0.2, 0) is 23.8 Å². The van der Waals surface area contributed by atoms with Crippen LogP contribution in [0.1, 0.15) is 28.3 Å². The number of benzene rings is 1. The molecule has 1 atom stereocenters. The molecule has 0 aliphatic carbocycles. The van der Waals surface area contributed by atoms with Gasteiger partial charge in [0.1, 0.15) is 23.6 Å². The number of carbonyl (C=O) groups is 1. The number of alkyl halides is 3. The Bertz CT molecular complexity index is 1440. The SMILES string of the molecule is Fc1ccc2c3c1CCc1c(cc(-c4ccc(C(F)(F)F)cn4)c4nncn14)OC[C@H]3CO2.O=CO. The predicted molar refractivity (Wildman–Crippen MR) is 117 cm³/mol. The van der Waals surface area contributed by atoms with E-state index in [0.29, 0.717) is 53.4 Å². The van der Waals surface area contributed by atoms with Crippen molar-refractivity contribution in [2.45, 2.75) is 24.9 Å². The van der Waals surface area contributed by atoms with Gasteiger partial charge in [-0.3, -0.25) is 14.2 Å². The smallest absolute Gasteiger partial charge is 0.417 e. The summed E-state index contributed by atoms with van der Waals surface area (Å²) in [6, 6.07) is 7.07. The molecular weight excluding hydrogens is 484 g/mol. The van der Waals surface area contributed by atoms with Gasteiger partial charge < -0.3 is 14.6 Å². The zero-order chi connectivity index (χ0) is 25.4. The molecule has 0 saturated heterocycles.